The van der Waals surface area contributed by atoms with Crippen LogP contribution in [0.15, 0.2) is 23.8 Å². The molecule has 154 valence electrons. The number of ether oxygens (including phenoxy) is 3. The second-order valence-electron chi connectivity index (χ2n) is 9.30. The van der Waals surface area contributed by atoms with Crippen LogP contribution in [0.2, 0.25) is 0 Å². The molecule has 6 heteroatoms. The van der Waals surface area contributed by atoms with Crippen LogP contribution in [0, 0.1) is 22.7 Å². The van der Waals surface area contributed by atoms with Crippen LogP contribution in [-0.2, 0) is 23.8 Å². The van der Waals surface area contributed by atoms with Crippen LogP contribution in [-0.4, -0.2) is 44.5 Å². The lowest BCUT2D eigenvalue weighted by Gasteiger charge is -2.61. The van der Waals surface area contributed by atoms with E-state index in [1.54, 1.807) is 0 Å². The number of cyclic esters (lactones) is 1. The summed E-state index contributed by atoms with van der Waals surface area (Å²) in [6, 6.07) is -0.348. The third kappa shape index (κ3) is 3.01. The topological polar surface area (TPSA) is 73.9 Å². The maximum Gasteiger partial charge on any atom is 0.336 e. The normalized spacial score (nSPS) is 44.6. The van der Waals surface area contributed by atoms with E-state index >= 15 is 0 Å². The minimum Gasteiger partial charge on any atom is -0.460 e. The molecule has 2 heterocycles. The van der Waals surface area contributed by atoms with Crippen molar-refractivity contribution in [3.63, 3.8) is 0 Å². The Morgan fingerprint density at radius 1 is 1.29 bits per heavy atom. The van der Waals surface area contributed by atoms with Crippen LogP contribution < -0.4 is 5.32 Å². The summed E-state index contributed by atoms with van der Waals surface area (Å²) in [7, 11) is 0. The summed E-state index contributed by atoms with van der Waals surface area (Å²) in [5, 5.41) is 2.68. The number of allylic oxidation sites excluding steroid dienone is 2. The molecule has 0 aromatic rings. The standard InChI is InChI=1S/C22H31NO5/c1-14-4-7-18-21(2,9-8-19-22(18,3)11-26-13-28-19)16(14)6-5-15-17(23-12-24)10-27-20(15)25/h5,12,16-19H,1,4,6-11,13H2,2-3H3,(H,23,24)/b15-5+/t16-,17+,18?,19-,21+,22+/m1/s1. The van der Waals surface area contributed by atoms with Crippen LogP contribution in [0.1, 0.15) is 46.0 Å². The molecule has 2 aliphatic carbocycles. The summed E-state index contributed by atoms with van der Waals surface area (Å²) >= 11 is 0. The van der Waals surface area contributed by atoms with Crippen LogP contribution in [0.5, 0.6) is 0 Å². The van der Waals surface area contributed by atoms with E-state index in [0.717, 1.165) is 38.7 Å². The van der Waals surface area contributed by atoms with E-state index in [4.69, 9.17) is 14.2 Å². The van der Waals surface area contributed by atoms with Gasteiger partial charge in [0.1, 0.15) is 13.4 Å². The van der Waals surface area contributed by atoms with Gasteiger partial charge in [-0.15, -0.1) is 0 Å². The summed E-state index contributed by atoms with van der Waals surface area (Å²) in [6.07, 6.45) is 7.84. The van der Waals surface area contributed by atoms with E-state index in [2.05, 4.69) is 25.7 Å². The molecule has 4 rings (SSSR count). The number of fused-ring (bicyclic) bond motifs is 3. The first-order valence-corrected chi connectivity index (χ1v) is 10.3. The highest BCUT2D eigenvalue weighted by Gasteiger charge is 2.59. The molecular weight excluding hydrogens is 358 g/mol. The van der Waals surface area contributed by atoms with Gasteiger partial charge in [0.25, 0.3) is 0 Å². The molecule has 28 heavy (non-hydrogen) atoms. The Bertz CT molecular complexity index is 703. The van der Waals surface area contributed by atoms with E-state index in [0.29, 0.717) is 30.6 Å². The highest BCUT2D eigenvalue weighted by molar-refractivity contribution is 5.92. The second-order valence-corrected chi connectivity index (χ2v) is 9.30. The van der Waals surface area contributed by atoms with E-state index in [1.807, 2.05) is 6.08 Å². The van der Waals surface area contributed by atoms with Gasteiger partial charge in [0, 0.05) is 5.41 Å². The van der Waals surface area contributed by atoms with Crippen molar-refractivity contribution < 1.29 is 23.8 Å². The summed E-state index contributed by atoms with van der Waals surface area (Å²) in [5.74, 6) is 0.461. The average Bonchev–Trinajstić information content (AvgIpc) is 3.00. The van der Waals surface area contributed by atoms with Crippen molar-refractivity contribution >= 4 is 12.4 Å². The van der Waals surface area contributed by atoms with Gasteiger partial charge in [-0.1, -0.05) is 32.1 Å². The van der Waals surface area contributed by atoms with Crippen molar-refractivity contribution in [1.29, 1.82) is 0 Å². The number of nitrogens with one attached hydrogen (secondary N) is 1. The number of carbonyl (C=O) groups excluding carboxylic acids is 2. The van der Waals surface area contributed by atoms with Gasteiger partial charge in [0.2, 0.25) is 6.41 Å². The Labute approximate surface area is 166 Å². The zero-order chi connectivity index (χ0) is 19.9. The smallest absolute Gasteiger partial charge is 0.336 e. The predicted octanol–water partition coefficient (Wildman–Crippen LogP) is 2.74. The molecule has 2 saturated carbocycles. The molecule has 1 unspecified atom stereocenters. The Hall–Kier alpha value is -1.66. The van der Waals surface area contributed by atoms with Crippen molar-refractivity contribution in [3.8, 4) is 0 Å². The lowest BCUT2D eigenvalue weighted by molar-refractivity contribution is -0.259. The van der Waals surface area contributed by atoms with E-state index in [9.17, 15) is 9.59 Å². The SMILES string of the molecule is C=C1CCC2[C@]3(C)COCO[C@@H]3CC[C@@]2(C)[C@@H]1C/C=C1/C(=O)OC[C@@H]1NC=O. The van der Waals surface area contributed by atoms with Crippen molar-refractivity contribution in [3.05, 3.63) is 23.8 Å². The van der Waals surface area contributed by atoms with Gasteiger partial charge >= 0.3 is 5.97 Å². The van der Waals surface area contributed by atoms with E-state index in [1.165, 1.54) is 5.57 Å². The fraction of sp³-hybridized carbons (Fsp3) is 0.727. The second kappa shape index (κ2) is 7.30. The minimum absolute atomic E-state index is 0.0191. The number of amides is 1. The van der Waals surface area contributed by atoms with Gasteiger partial charge < -0.3 is 19.5 Å². The summed E-state index contributed by atoms with van der Waals surface area (Å²) in [6.45, 7) is 10.5. The largest absolute Gasteiger partial charge is 0.460 e. The number of esters is 1. The molecule has 0 bridgehead atoms. The molecule has 1 N–H and O–H groups in total. The molecule has 1 amide bonds. The number of hydrogen-bond donors (Lipinski definition) is 1. The van der Waals surface area contributed by atoms with Crippen molar-refractivity contribution in [2.45, 2.75) is 58.1 Å². The molecule has 2 saturated heterocycles. The molecule has 4 aliphatic rings. The van der Waals surface area contributed by atoms with Crippen LogP contribution in [0.3, 0.4) is 0 Å². The summed E-state index contributed by atoms with van der Waals surface area (Å²) < 4.78 is 16.8. The first kappa shape index (κ1) is 19.6. The molecule has 0 spiro atoms. The molecule has 0 aromatic carbocycles. The Morgan fingerprint density at radius 2 is 2.11 bits per heavy atom. The highest BCUT2D eigenvalue weighted by atomic mass is 16.7. The fourth-order valence-corrected chi connectivity index (χ4v) is 6.43. The summed E-state index contributed by atoms with van der Waals surface area (Å²) in [5.41, 5.74) is 1.94. The molecule has 0 radical (unpaired) electrons. The Kier molecular flexibility index (Phi) is 5.12. The molecule has 0 aromatic heterocycles. The number of rotatable bonds is 4. The molecular formula is C22H31NO5. The van der Waals surface area contributed by atoms with Crippen molar-refractivity contribution in [1.82, 2.24) is 5.32 Å². The van der Waals surface area contributed by atoms with Crippen molar-refractivity contribution in [2.24, 2.45) is 22.7 Å². The Balaban J connectivity index is 1.60. The van der Waals surface area contributed by atoms with Crippen LogP contribution in [0.25, 0.3) is 0 Å². The Morgan fingerprint density at radius 3 is 2.89 bits per heavy atom. The van der Waals surface area contributed by atoms with Crippen molar-refractivity contribution in [2.75, 3.05) is 20.0 Å². The zero-order valence-corrected chi connectivity index (χ0v) is 16.9. The monoisotopic (exact) mass is 389 g/mol. The molecule has 2 aliphatic heterocycles. The third-order valence-corrected chi connectivity index (χ3v) is 7.92. The first-order chi connectivity index (χ1) is 13.4. The zero-order valence-electron chi connectivity index (χ0n) is 16.9. The van der Waals surface area contributed by atoms with E-state index < -0.39 is 0 Å². The van der Waals surface area contributed by atoms with Gasteiger partial charge in [0.05, 0.1) is 24.3 Å². The highest BCUT2D eigenvalue weighted by Crippen LogP contribution is 2.62. The molecule has 6 nitrogen and oxygen atoms in total. The molecule has 4 fully saturated rings. The summed E-state index contributed by atoms with van der Waals surface area (Å²) in [4.78, 5) is 22.9. The maximum absolute atomic E-state index is 12.1. The van der Waals surface area contributed by atoms with Crippen LogP contribution in [0.4, 0.5) is 0 Å². The first-order valence-electron chi connectivity index (χ1n) is 10.3. The fourth-order valence-electron chi connectivity index (χ4n) is 6.43. The number of carbonyl (C=O) groups is 2. The van der Waals surface area contributed by atoms with E-state index in [-0.39, 0.29) is 35.6 Å². The minimum atomic E-state index is -0.348. The lowest BCUT2D eigenvalue weighted by atomic mass is 9.46. The maximum atomic E-state index is 12.1. The lowest BCUT2D eigenvalue weighted by Crippen LogP contribution is -2.60. The van der Waals surface area contributed by atoms with Gasteiger partial charge in [0.15, 0.2) is 0 Å². The van der Waals surface area contributed by atoms with Gasteiger partial charge in [-0.3, -0.25) is 4.79 Å². The average molecular weight is 389 g/mol. The predicted molar refractivity (Wildman–Crippen MR) is 103 cm³/mol. The van der Waals surface area contributed by atoms with Gasteiger partial charge in [-0.25, -0.2) is 4.79 Å². The quantitative estimate of drug-likeness (QED) is 0.346. The van der Waals surface area contributed by atoms with Gasteiger partial charge in [-0.05, 0) is 49.4 Å². The number of hydrogen-bond acceptors (Lipinski definition) is 5. The third-order valence-electron chi connectivity index (χ3n) is 7.92. The molecule has 6 atom stereocenters. The van der Waals surface area contributed by atoms with Gasteiger partial charge in [-0.2, -0.15) is 0 Å². The van der Waals surface area contributed by atoms with Crippen LogP contribution >= 0.6 is 0 Å².